The number of nitrogens with zero attached hydrogens (tertiary/aromatic N) is 1. The minimum Gasteiger partial charge on any atom is -0.550 e. The smallest absolute Gasteiger partial charge is 0.550 e. The number of benzene rings is 3. The van der Waals surface area contributed by atoms with E-state index in [1.165, 1.54) is 0 Å². The molecule has 1 aromatic heterocycles. The van der Waals surface area contributed by atoms with Gasteiger partial charge in [-0.05, 0) is 83.2 Å². The average Bonchev–Trinajstić information content (AvgIpc) is 3.72. The molecule has 0 radical (unpaired) electrons. The van der Waals surface area contributed by atoms with Gasteiger partial charge in [-0.15, -0.1) is 0 Å². The Balaban J connectivity index is 0.000000355. The van der Waals surface area contributed by atoms with Crippen LogP contribution in [0.1, 0.15) is 62.4 Å². The zero-order valence-electron chi connectivity index (χ0n) is 24.4. The number of carboxylic acid groups (broad SMARTS) is 1. The fourth-order valence-corrected chi connectivity index (χ4v) is 5.44. The maximum absolute atomic E-state index is 10.3. The zero-order valence-corrected chi connectivity index (χ0v) is 28.0. The van der Waals surface area contributed by atoms with Crippen molar-refractivity contribution in [2.24, 2.45) is 5.41 Å². The quantitative estimate of drug-likeness (QED) is 0.274. The number of para-hydroxylation sites is 1. The monoisotopic (exact) mass is 597 g/mol. The molecule has 0 saturated heterocycles. The van der Waals surface area contributed by atoms with Gasteiger partial charge in [0.2, 0.25) is 0 Å². The molecule has 3 aromatic carbocycles. The van der Waals surface area contributed by atoms with Crippen LogP contribution in [0.3, 0.4) is 0 Å². The van der Waals surface area contributed by atoms with E-state index in [1.807, 2.05) is 92.4 Å². The fraction of sp³-hybridized carbons (Fsp3) is 0.294. The Labute approximate surface area is 275 Å². The Kier molecular flexibility index (Phi) is 15.0. The topological polar surface area (TPSA) is 73.2 Å². The maximum Gasteiger partial charge on any atom is 1.00 e. The molecule has 41 heavy (non-hydrogen) atoms. The van der Waals surface area contributed by atoms with E-state index in [1.54, 1.807) is 6.07 Å². The number of aromatic hydroxyl groups is 1. The van der Waals surface area contributed by atoms with Crippen LogP contribution in [-0.2, 0) is 11.2 Å². The summed E-state index contributed by atoms with van der Waals surface area (Å²) >= 11 is 7.89. The minimum absolute atomic E-state index is 0. The molecule has 0 bridgehead atoms. The van der Waals surface area contributed by atoms with E-state index < -0.39 is 5.97 Å². The average molecular weight is 598 g/mol. The van der Waals surface area contributed by atoms with Crippen molar-refractivity contribution in [3.63, 3.8) is 0 Å². The molecule has 4 aromatic rings. The maximum atomic E-state index is 10.3. The van der Waals surface area contributed by atoms with Gasteiger partial charge in [0.05, 0.1) is 11.2 Å². The molecule has 0 aliphatic heterocycles. The van der Waals surface area contributed by atoms with Gasteiger partial charge < -0.3 is 15.0 Å². The fourth-order valence-electron chi connectivity index (χ4n) is 4.24. The molecule has 0 amide bonds. The Morgan fingerprint density at radius 2 is 1.76 bits per heavy atom. The van der Waals surface area contributed by atoms with Crippen molar-refractivity contribution in [1.29, 1.82) is 0 Å². The first-order chi connectivity index (χ1) is 19.4. The second-order valence-electron chi connectivity index (χ2n) is 9.64. The number of phenolic OH excluding ortho intramolecular Hbond substituents is 1. The molecule has 1 aliphatic rings. The van der Waals surface area contributed by atoms with Crippen molar-refractivity contribution in [3.05, 3.63) is 106 Å². The van der Waals surface area contributed by atoms with Gasteiger partial charge in [-0.3, -0.25) is 0 Å². The molecule has 210 valence electrons. The van der Waals surface area contributed by atoms with E-state index in [4.69, 9.17) is 11.6 Å². The summed E-state index contributed by atoms with van der Waals surface area (Å²) in [5.74, 6) is 1.52. The predicted molar refractivity (Wildman–Crippen MR) is 169 cm³/mol. The first-order valence-electron chi connectivity index (χ1n) is 13.7. The summed E-state index contributed by atoms with van der Waals surface area (Å²) in [6, 6.07) is 25.5. The van der Waals surface area contributed by atoms with Crippen LogP contribution >= 0.6 is 23.4 Å². The number of carboxylic acids is 1. The Morgan fingerprint density at radius 1 is 1.02 bits per heavy atom. The summed E-state index contributed by atoms with van der Waals surface area (Å²) in [5.41, 5.74) is 5.06. The van der Waals surface area contributed by atoms with Gasteiger partial charge in [0.15, 0.2) is 0 Å². The molecular weight excluding hydrogens is 561 g/mol. The number of thioether (sulfide) groups is 1. The Morgan fingerprint density at radius 3 is 2.44 bits per heavy atom. The van der Waals surface area contributed by atoms with Crippen molar-refractivity contribution >= 4 is 52.4 Å². The summed E-state index contributed by atoms with van der Waals surface area (Å²) in [5, 5.41) is 22.0. The van der Waals surface area contributed by atoms with Crippen molar-refractivity contribution in [2.45, 2.75) is 46.5 Å². The first kappa shape index (κ1) is 34.9. The van der Waals surface area contributed by atoms with E-state index >= 15 is 0 Å². The minimum atomic E-state index is -0.890. The molecule has 7 heteroatoms. The van der Waals surface area contributed by atoms with Crippen LogP contribution in [0.15, 0.2) is 78.9 Å². The third-order valence-corrected chi connectivity index (χ3v) is 8.01. The SMILES string of the molecule is CC.CCSCC1(CC(=O)[O-])CC1.Oc1ccccc1Cc1cccc(/C=C/c2ccc3ccc(Cl)cc3n2)c1.[Na+]. The molecule has 1 heterocycles. The van der Waals surface area contributed by atoms with Crippen LogP contribution in [0.25, 0.3) is 23.1 Å². The number of aliphatic carboxylic acids is 1. The van der Waals surface area contributed by atoms with Crippen molar-refractivity contribution in [1.82, 2.24) is 4.98 Å². The molecule has 1 N–H and O–H groups in total. The van der Waals surface area contributed by atoms with Crippen molar-refractivity contribution < 1.29 is 44.6 Å². The summed E-state index contributed by atoms with van der Waals surface area (Å²) in [7, 11) is 0. The van der Waals surface area contributed by atoms with Crippen LogP contribution in [-0.4, -0.2) is 27.6 Å². The second-order valence-corrected chi connectivity index (χ2v) is 11.4. The molecule has 0 spiro atoms. The number of halogens is 1. The number of carbonyl (C=O) groups is 1. The molecule has 4 nitrogen and oxygen atoms in total. The molecule has 1 aliphatic carbocycles. The molecule has 5 rings (SSSR count). The number of rotatable bonds is 9. The normalized spacial score (nSPS) is 12.9. The van der Waals surface area contributed by atoms with Crippen molar-refractivity contribution in [2.75, 3.05) is 11.5 Å². The van der Waals surface area contributed by atoms with Crippen molar-refractivity contribution in [3.8, 4) is 5.75 Å². The van der Waals surface area contributed by atoms with Crippen LogP contribution < -0.4 is 34.7 Å². The van der Waals surface area contributed by atoms with E-state index in [9.17, 15) is 15.0 Å². The van der Waals surface area contributed by atoms with Gasteiger partial charge in [0.25, 0.3) is 0 Å². The number of aromatic nitrogens is 1. The van der Waals surface area contributed by atoms with E-state index in [0.29, 0.717) is 17.2 Å². The van der Waals surface area contributed by atoms with Crippen LogP contribution in [0.2, 0.25) is 5.02 Å². The molecule has 0 unspecified atom stereocenters. The largest absolute Gasteiger partial charge is 1.00 e. The van der Waals surface area contributed by atoms with Crippen LogP contribution in [0.4, 0.5) is 0 Å². The summed E-state index contributed by atoms with van der Waals surface area (Å²) < 4.78 is 0. The number of hydrogen-bond acceptors (Lipinski definition) is 5. The standard InChI is InChI=1S/C24H18ClNO.C8H14O2S.C2H6.Na/c25-21-11-9-19-10-13-22(26-23(19)16-21)12-8-17-4-3-5-18(14-17)15-20-6-1-2-7-24(20)27;1-2-11-6-8(3-4-8)5-7(9)10;1-2;/h1-14,16,27H,15H2;2-6H2,1H3,(H,9,10);1-2H3;/q;;;+1/p-1/b12-8+;;;. The summed E-state index contributed by atoms with van der Waals surface area (Å²) in [6.07, 6.45) is 7.16. The van der Waals surface area contributed by atoms with Gasteiger partial charge in [0.1, 0.15) is 5.75 Å². The predicted octanol–water partition coefficient (Wildman–Crippen LogP) is 5.04. The van der Waals surface area contributed by atoms with E-state index in [-0.39, 0.29) is 41.4 Å². The third kappa shape index (κ3) is 11.5. The molecule has 0 atom stereocenters. The third-order valence-electron chi connectivity index (χ3n) is 6.55. The van der Waals surface area contributed by atoms with Gasteiger partial charge in [-0.1, -0.05) is 93.0 Å². The van der Waals surface area contributed by atoms with E-state index in [0.717, 1.165) is 57.6 Å². The Hall–Kier alpha value is -2.28. The first-order valence-corrected chi connectivity index (χ1v) is 15.3. The molecule has 1 fully saturated rings. The number of phenols is 1. The Bertz CT molecular complexity index is 1440. The van der Waals surface area contributed by atoms with Crippen LogP contribution in [0, 0.1) is 5.41 Å². The zero-order chi connectivity index (χ0) is 29.0. The van der Waals surface area contributed by atoms with Gasteiger partial charge in [-0.25, -0.2) is 4.98 Å². The van der Waals surface area contributed by atoms with Gasteiger partial charge in [0, 0.05) is 22.8 Å². The van der Waals surface area contributed by atoms with Gasteiger partial charge >= 0.3 is 29.6 Å². The van der Waals surface area contributed by atoms with Crippen LogP contribution in [0.5, 0.6) is 5.75 Å². The van der Waals surface area contributed by atoms with E-state index in [2.05, 4.69) is 30.1 Å². The molecular formula is C34H37ClNNaO3S. The van der Waals surface area contributed by atoms with Gasteiger partial charge in [-0.2, -0.15) is 11.8 Å². The summed E-state index contributed by atoms with van der Waals surface area (Å²) in [4.78, 5) is 14.9. The number of carbonyl (C=O) groups excluding carboxylic acids is 1. The number of hydrogen-bond donors (Lipinski definition) is 1. The second kappa shape index (κ2) is 17.6. The summed E-state index contributed by atoms with van der Waals surface area (Å²) in [6.45, 7) is 6.10. The molecule has 1 saturated carbocycles. The number of fused-ring (bicyclic) bond motifs is 1. The number of pyridine rings is 1.